The van der Waals surface area contributed by atoms with Crippen LogP contribution < -0.4 is 15.0 Å². The summed E-state index contributed by atoms with van der Waals surface area (Å²) >= 11 is 1.39. The molecular weight excluding hydrogens is 316 g/mol. The zero-order valence-corrected chi connectivity index (χ0v) is 12.9. The summed E-state index contributed by atoms with van der Waals surface area (Å²) in [6.45, 7) is 0. The van der Waals surface area contributed by atoms with E-state index >= 15 is 0 Å². The SMILES string of the molecule is COc1ccccc1N1C(=O)NC(=O)/C(=C/c2cccs2)C1=O. The van der Waals surface area contributed by atoms with Gasteiger partial charge in [0, 0.05) is 4.88 Å². The molecule has 3 rings (SSSR count). The lowest BCUT2D eigenvalue weighted by Gasteiger charge is -2.27. The minimum atomic E-state index is -0.798. The minimum absolute atomic E-state index is 0.0991. The number of anilines is 1. The van der Waals surface area contributed by atoms with Gasteiger partial charge >= 0.3 is 6.03 Å². The summed E-state index contributed by atoms with van der Waals surface area (Å²) < 4.78 is 5.19. The maximum absolute atomic E-state index is 12.7. The molecular formula is C16H12N2O4S. The molecule has 2 aromatic rings. The number of nitrogens with zero attached hydrogens (tertiary/aromatic N) is 1. The average Bonchev–Trinajstić information content (AvgIpc) is 3.05. The maximum Gasteiger partial charge on any atom is 0.336 e. The molecule has 1 saturated heterocycles. The van der Waals surface area contributed by atoms with Gasteiger partial charge < -0.3 is 4.74 Å². The molecule has 0 radical (unpaired) electrons. The van der Waals surface area contributed by atoms with Gasteiger partial charge in [-0.15, -0.1) is 11.3 Å². The summed E-state index contributed by atoms with van der Waals surface area (Å²) in [5, 5.41) is 4.01. The summed E-state index contributed by atoms with van der Waals surface area (Å²) in [4.78, 5) is 38.4. The second-order valence-electron chi connectivity index (χ2n) is 4.65. The number of hydrogen-bond acceptors (Lipinski definition) is 5. The van der Waals surface area contributed by atoms with E-state index in [2.05, 4.69) is 5.32 Å². The van der Waals surface area contributed by atoms with E-state index in [0.717, 1.165) is 9.78 Å². The molecule has 0 spiro atoms. The Bertz CT molecular complexity index is 811. The van der Waals surface area contributed by atoms with E-state index < -0.39 is 17.8 Å². The number of ether oxygens (including phenoxy) is 1. The zero-order valence-electron chi connectivity index (χ0n) is 12.1. The molecule has 0 aliphatic carbocycles. The van der Waals surface area contributed by atoms with Crippen LogP contribution in [-0.2, 0) is 9.59 Å². The molecule has 0 unspecified atom stereocenters. The molecule has 1 aliphatic heterocycles. The first-order valence-electron chi connectivity index (χ1n) is 6.70. The van der Waals surface area contributed by atoms with Crippen molar-refractivity contribution in [3.05, 3.63) is 52.2 Å². The number of imide groups is 2. The first kappa shape index (κ1) is 15.0. The van der Waals surface area contributed by atoms with Gasteiger partial charge in [-0.3, -0.25) is 14.9 Å². The van der Waals surface area contributed by atoms with Gasteiger partial charge in [-0.2, -0.15) is 0 Å². The van der Waals surface area contributed by atoms with Crippen LogP contribution in [-0.4, -0.2) is 25.0 Å². The summed E-state index contributed by atoms with van der Waals surface area (Å²) in [6, 6.07) is 9.41. The number of rotatable bonds is 3. The average molecular weight is 328 g/mol. The Balaban J connectivity index is 2.05. The van der Waals surface area contributed by atoms with Crippen LogP contribution >= 0.6 is 11.3 Å². The first-order valence-corrected chi connectivity index (χ1v) is 7.58. The number of carbonyl (C=O) groups excluding carboxylic acids is 3. The van der Waals surface area contributed by atoms with Crippen LogP contribution in [0.4, 0.5) is 10.5 Å². The third kappa shape index (κ3) is 2.74. The van der Waals surface area contributed by atoms with Crippen molar-refractivity contribution in [3.8, 4) is 5.75 Å². The summed E-state index contributed by atoms with van der Waals surface area (Å²) in [5.41, 5.74) is 0.181. The van der Waals surface area contributed by atoms with Crippen molar-refractivity contribution in [2.75, 3.05) is 12.0 Å². The number of methoxy groups -OCH3 is 1. The molecule has 0 saturated carbocycles. The number of nitrogens with one attached hydrogen (secondary N) is 1. The van der Waals surface area contributed by atoms with Gasteiger partial charge in [0.25, 0.3) is 11.8 Å². The molecule has 1 aromatic carbocycles. The molecule has 116 valence electrons. The fourth-order valence-corrected chi connectivity index (χ4v) is 2.86. The van der Waals surface area contributed by atoms with Gasteiger partial charge in [-0.1, -0.05) is 18.2 Å². The second-order valence-corrected chi connectivity index (χ2v) is 5.62. The van der Waals surface area contributed by atoms with Crippen molar-refractivity contribution < 1.29 is 19.1 Å². The van der Waals surface area contributed by atoms with Crippen LogP contribution in [0.15, 0.2) is 47.4 Å². The van der Waals surface area contributed by atoms with Crippen molar-refractivity contribution in [2.24, 2.45) is 0 Å². The Hall–Kier alpha value is -2.93. The largest absolute Gasteiger partial charge is 0.495 e. The summed E-state index contributed by atoms with van der Waals surface area (Å²) in [5.74, 6) is -1.03. The third-order valence-corrected chi connectivity index (χ3v) is 4.08. The number of barbiturate groups is 1. The molecule has 23 heavy (non-hydrogen) atoms. The lowest BCUT2D eigenvalue weighted by molar-refractivity contribution is -0.122. The van der Waals surface area contributed by atoms with Gasteiger partial charge in [0.15, 0.2) is 0 Å². The molecule has 6 nitrogen and oxygen atoms in total. The van der Waals surface area contributed by atoms with E-state index in [9.17, 15) is 14.4 Å². The molecule has 1 aromatic heterocycles. The Morgan fingerprint density at radius 1 is 1.13 bits per heavy atom. The number of urea groups is 1. The standard InChI is InChI=1S/C16H12N2O4S/c1-22-13-7-3-2-6-12(13)18-15(20)11(14(19)17-16(18)21)9-10-5-4-8-23-10/h2-9H,1H3,(H,17,19,21)/b11-9-. The molecule has 1 fully saturated rings. The minimum Gasteiger partial charge on any atom is -0.495 e. The maximum atomic E-state index is 12.7. The number of hydrogen-bond donors (Lipinski definition) is 1. The van der Waals surface area contributed by atoms with Crippen molar-refractivity contribution in [1.82, 2.24) is 5.32 Å². The first-order chi connectivity index (χ1) is 11.1. The van der Waals surface area contributed by atoms with E-state index in [-0.39, 0.29) is 11.3 Å². The third-order valence-electron chi connectivity index (χ3n) is 3.26. The van der Waals surface area contributed by atoms with Crippen LogP contribution in [0.2, 0.25) is 0 Å². The molecule has 7 heteroatoms. The number of amides is 4. The molecule has 1 aliphatic rings. The molecule has 0 atom stereocenters. The highest BCUT2D eigenvalue weighted by Crippen LogP contribution is 2.30. The van der Waals surface area contributed by atoms with E-state index in [1.165, 1.54) is 24.5 Å². The van der Waals surface area contributed by atoms with E-state index in [0.29, 0.717) is 5.75 Å². The lowest BCUT2D eigenvalue weighted by Crippen LogP contribution is -2.54. The molecule has 2 heterocycles. The Labute approximate surface area is 136 Å². The highest BCUT2D eigenvalue weighted by molar-refractivity contribution is 7.10. The lowest BCUT2D eigenvalue weighted by atomic mass is 10.1. The smallest absolute Gasteiger partial charge is 0.336 e. The number of carbonyl (C=O) groups is 3. The second kappa shape index (κ2) is 6.05. The van der Waals surface area contributed by atoms with Crippen molar-refractivity contribution >= 4 is 40.9 Å². The molecule has 0 bridgehead atoms. The number of benzene rings is 1. The van der Waals surface area contributed by atoms with Gasteiger partial charge in [-0.05, 0) is 29.7 Å². The molecule has 4 amide bonds. The summed E-state index contributed by atoms with van der Waals surface area (Å²) in [7, 11) is 1.44. The number of para-hydroxylation sites is 2. The summed E-state index contributed by atoms with van der Waals surface area (Å²) in [6.07, 6.45) is 1.47. The Kier molecular flexibility index (Phi) is 3.94. The van der Waals surface area contributed by atoms with Gasteiger partial charge in [0.05, 0.1) is 12.8 Å². The predicted octanol–water partition coefficient (Wildman–Crippen LogP) is 2.42. The van der Waals surface area contributed by atoms with Crippen molar-refractivity contribution in [1.29, 1.82) is 0 Å². The highest BCUT2D eigenvalue weighted by atomic mass is 32.1. The van der Waals surface area contributed by atoms with Gasteiger partial charge in [-0.25, -0.2) is 9.69 Å². The topological polar surface area (TPSA) is 75.7 Å². The molecule has 1 N–H and O–H groups in total. The fraction of sp³-hybridized carbons (Fsp3) is 0.0625. The van der Waals surface area contributed by atoms with Crippen LogP contribution in [0.5, 0.6) is 5.75 Å². The Morgan fingerprint density at radius 3 is 2.61 bits per heavy atom. The Morgan fingerprint density at radius 2 is 1.91 bits per heavy atom. The van der Waals surface area contributed by atoms with E-state index in [1.54, 1.807) is 30.3 Å². The quantitative estimate of drug-likeness (QED) is 0.693. The van der Waals surface area contributed by atoms with Crippen molar-refractivity contribution in [3.63, 3.8) is 0 Å². The normalized spacial score (nSPS) is 16.7. The van der Waals surface area contributed by atoms with Gasteiger partial charge in [0.2, 0.25) is 0 Å². The van der Waals surface area contributed by atoms with Crippen LogP contribution in [0.3, 0.4) is 0 Å². The van der Waals surface area contributed by atoms with Crippen LogP contribution in [0, 0.1) is 0 Å². The van der Waals surface area contributed by atoms with E-state index in [4.69, 9.17) is 4.74 Å². The van der Waals surface area contributed by atoms with Gasteiger partial charge in [0.1, 0.15) is 11.3 Å². The fourth-order valence-electron chi connectivity index (χ4n) is 2.21. The van der Waals surface area contributed by atoms with Crippen molar-refractivity contribution in [2.45, 2.75) is 0 Å². The zero-order chi connectivity index (χ0) is 16.4. The number of thiophene rings is 1. The predicted molar refractivity (Wildman–Crippen MR) is 86.3 cm³/mol. The van der Waals surface area contributed by atoms with Crippen LogP contribution in [0.1, 0.15) is 4.88 Å². The van der Waals surface area contributed by atoms with E-state index in [1.807, 2.05) is 11.4 Å². The monoisotopic (exact) mass is 328 g/mol. The van der Waals surface area contributed by atoms with Crippen LogP contribution in [0.25, 0.3) is 6.08 Å². The highest BCUT2D eigenvalue weighted by Gasteiger charge is 2.38.